The number of halogens is 1. The van der Waals surface area contributed by atoms with Crippen molar-refractivity contribution < 1.29 is 9.53 Å². The van der Waals surface area contributed by atoms with Gasteiger partial charge in [0.25, 0.3) is 0 Å². The van der Waals surface area contributed by atoms with Crippen molar-refractivity contribution in [3.63, 3.8) is 0 Å². The van der Waals surface area contributed by atoms with Crippen LogP contribution in [0.3, 0.4) is 0 Å². The van der Waals surface area contributed by atoms with Gasteiger partial charge in [0.15, 0.2) is 0 Å². The molecule has 7 heteroatoms. The van der Waals surface area contributed by atoms with Crippen molar-refractivity contribution in [1.29, 1.82) is 0 Å². The highest BCUT2D eigenvalue weighted by atomic mass is 35.5. The first-order valence-electron chi connectivity index (χ1n) is 8.85. The minimum atomic E-state index is 0.148. The topological polar surface area (TPSA) is 50.6 Å². The zero-order valence-electron chi connectivity index (χ0n) is 14.6. The van der Waals surface area contributed by atoms with Gasteiger partial charge in [-0.1, -0.05) is 11.6 Å². The number of nitrogens with zero attached hydrogens (tertiary/aromatic N) is 4. The molecule has 3 rings (SSSR count). The van der Waals surface area contributed by atoms with Crippen molar-refractivity contribution in [2.45, 2.75) is 45.7 Å². The summed E-state index contributed by atoms with van der Waals surface area (Å²) in [6, 6.07) is 0.303. The van der Waals surface area contributed by atoms with E-state index < -0.39 is 0 Å². The number of aromatic nitrogens is 2. The Hall–Kier alpha value is -1.11. The third-order valence-corrected chi connectivity index (χ3v) is 5.65. The molecule has 6 nitrogen and oxygen atoms in total. The molecule has 3 heterocycles. The minimum Gasteiger partial charge on any atom is -0.379 e. The predicted octanol–water partition coefficient (Wildman–Crippen LogP) is 1.87. The second-order valence-corrected chi connectivity index (χ2v) is 7.17. The van der Waals surface area contributed by atoms with Crippen molar-refractivity contribution in [2.75, 3.05) is 39.4 Å². The SMILES string of the molecule is Cc1nn(CC(=O)N2CCCC[C@H]2CN2CCOCC2)c(C)c1Cl. The second-order valence-electron chi connectivity index (χ2n) is 6.79. The molecule has 2 saturated heterocycles. The maximum Gasteiger partial charge on any atom is 0.244 e. The Balaban J connectivity index is 1.65. The molecule has 2 aliphatic heterocycles. The molecule has 0 aliphatic carbocycles. The van der Waals surface area contributed by atoms with Crippen LogP contribution in [0.25, 0.3) is 0 Å². The number of amides is 1. The molecular weight excluding hydrogens is 328 g/mol. The van der Waals surface area contributed by atoms with Crippen LogP contribution in [0.5, 0.6) is 0 Å². The lowest BCUT2D eigenvalue weighted by molar-refractivity contribution is -0.136. The monoisotopic (exact) mass is 354 g/mol. The lowest BCUT2D eigenvalue weighted by Crippen LogP contribution is -2.52. The summed E-state index contributed by atoms with van der Waals surface area (Å²) in [4.78, 5) is 17.3. The number of carbonyl (C=O) groups excluding carboxylic acids is 1. The first-order chi connectivity index (χ1) is 11.6. The van der Waals surface area contributed by atoms with Crippen molar-refractivity contribution in [1.82, 2.24) is 19.6 Å². The molecule has 0 aromatic carbocycles. The summed E-state index contributed by atoms with van der Waals surface area (Å²) in [6.45, 7) is 9.38. The molecule has 0 spiro atoms. The van der Waals surface area contributed by atoms with Crippen molar-refractivity contribution in [2.24, 2.45) is 0 Å². The molecular formula is C17H27ClN4O2. The third kappa shape index (κ3) is 3.92. The zero-order chi connectivity index (χ0) is 17.1. The molecule has 2 aliphatic rings. The molecule has 24 heavy (non-hydrogen) atoms. The molecule has 1 atom stereocenters. The van der Waals surface area contributed by atoms with Crippen LogP contribution >= 0.6 is 11.6 Å². The van der Waals surface area contributed by atoms with Gasteiger partial charge in [-0.05, 0) is 33.1 Å². The van der Waals surface area contributed by atoms with E-state index in [1.54, 1.807) is 4.68 Å². The largest absolute Gasteiger partial charge is 0.379 e. The van der Waals surface area contributed by atoms with E-state index in [1.165, 1.54) is 6.42 Å². The molecule has 0 saturated carbocycles. The van der Waals surface area contributed by atoms with Crippen LogP contribution in [0.2, 0.25) is 5.02 Å². The van der Waals surface area contributed by atoms with Gasteiger partial charge in [0.1, 0.15) is 6.54 Å². The van der Waals surface area contributed by atoms with Gasteiger partial charge in [-0.3, -0.25) is 14.4 Å². The number of morpholine rings is 1. The van der Waals surface area contributed by atoms with Gasteiger partial charge >= 0.3 is 0 Å². The Morgan fingerprint density at radius 1 is 1.25 bits per heavy atom. The highest BCUT2D eigenvalue weighted by molar-refractivity contribution is 6.31. The quantitative estimate of drug-likeness (QED) is 0.828. The maximum atomic E-state index is 12.9. The molecule has 0 radical (unpaired) electrons. The van der Waals surface area contributed by atoms with Gasteiger partial charge in [-0.25, -0.2) is 0 Å². The Morgan fingerprint density at radius 2 is 2.00 bits per heavy atom. The highest BCUT2D eigenvalue weighted by Crippen LogP contribution is 2.22. The summed E-state index contributed by atoms with van der Waals surface area (Å²) in [5.41, 5.74) is 1.65. The summed E-state index contributed by atoms with van der Waals surface area (Å²) in [5, 5.41) is 5.05. The summed E-state index contributed by atoms with van der Waals surface area (Å²) < 4.78 is 7.16. The van der Waals surface area contributed by atoms with Crippen LogP contribution < -0.4 is 0 Å². The second kappa shape index (κ2) is 7.85. The maximum absolute atomic E-state index is 12.9. The summed E-state index contributed by atoms with van der Waals surface area (Å²) >= 11 is 6.20. The normalized spacial score (nSPS) is 22.8. The summed E-state index contributed by atoms with van der Waals surface area (Å²) in [7, 11) is 0. The number of carbonyl (C=O) groups is 1. The Bertz CT molecular complexity index is 583. The van der Waals surface area contributed by atoms with Gasteiger partial charge < -0.3 is 9.64 Å². The lowest BCUT2D eigenvalue weighted by Gasteiger charge is -2.39. The lowest BCUT2D eigenvalue weighted by atomic mass is 10.0. The van der Waals surface area contributed by atoms with Crippen LogP contribution in [0.4, 0.5) is 0 Å². The van der Waals surface area contributed by atoms with Gasteiger partial charge in [-0.15, -0.1) is 0 Å². The van der Waals surface area contributed by atoms with E-state index in [0.717, 1.165) is 63.6 Å². The van der Waals surface area contributed by atoms with Crippen LogP contribution in [-0.4, -0.2) is 70.9 Å². The smallest absolute Gasteiger partial charge is 0.244 e. The van der Waals surface area contributed by atoms with Crippen LogP contribution in [0.1, 0.15) is 30.7 Å². The first-order valence-corrected chi connectivity index (χ1v) is 9.23. The molecule has 0 unspecified atom stereocenters. The number of hydrogen-bond acceptors (Lipinski definition) is 4. The van der Waals surface area contributed by atoms with Crippen LogP contribution in [0, 0.1) is 13.8 Å². The Kier molecular flexibility index (Phi) is 5.79. The van der Waals surface area contributed by atoms with Crippen molar-refractivity contribution in [3.05, 3.63) is 16.4 Å². The zero-order valence-corrected chi connectivity index (χ0v) is 15.4. The number of ether oxygens (including phenoxy) is 1. The number of piperidine rings is 1. The van der Waals surface area contributed by atoms with Gasteiger partial charge in [0, 0.05) is 32.2 Å². The molecule has 1 aromatic rings. The van der Waals surface area contributed by atoms with Crippen LogP contribution in [0.15, 0.2) is 0 Å². The number of rotatable bonds is 4. The van der Waals surface area contributed by atoms with Crippen molar-refractivity contribution >= 4 is 17.5 Å². The van der Waals surface area contributed by atoms with Gasteiger partial charge in [0.05, 0.1) is 29.6 Å². The number of hydrogen-bond donors (Lipinski definition) is 0. The molecule has 0 bridgehead atoms. The Morgan fingerprint density at radius 3 is 2.67 bits per heavy atom. The molecule has 2 fully saturated rings. The predicted molar refractivity (Wildman–Crippen MR) is 93.3 cm³/mol. The summed E-state index contributed by atoms with van der Waals surface area (Å²) in [6.07, 6.45) is 3.37. The van der Waals surface area contributed by atoms with Crippen molar-refractivity contribution in [3.8, 4) is 0 Å². The van der Waals surface area contributed by atoms with Gasteiger partial charge in [0.2, 0.25) is 5.91 Å². The number of aryl methyl sites for hydroxylation is 1. The van der Waals surface area contributed by atoms with E-state index >= 15 is 0 Å². The third-order valence-electron chi connectivity index (χ3n) is 5.10. The fourth-order valence-corrected chi connectivity index (χ4v) is 3.78. The molecule has 134 valence electrons. The average Bonchev–Trinajstić information content (AvgIpc) is 2.83. The molecule has 1 amide bonds. The van der Waals surface area contributed by atoms with E-state index in [0.29, 0.717) is 11.1 Å². The molecule has 0 N–H and O–H groups in total. The van der Waals surface area contributed by atoms with Crippen LogP contribution in [-0.2, 0) is 16.1 Å². The average molecular weight is 355 g/mol. The standard InChI is InChI=1S/C17H27ClN4O2/c1-13-17(18)14(2)22(19-13)12-16(23)21-6-4-3-5-15(21)11-20-7-9-24-10-8-20/h15H,3-12H2,1-2H3/t15-/m0/s1. The minimum absolute atomic E-state index is 0.148. The fraction of sp³-hybridized carbons (Fsp3) is 0.765. The highest BCUT2D eigenvalue weighted by Gasteiger charge is 2.29. The van der Waals surface area contributed by atoms with E-state index in [9.17, 15) is 4.79 Å². The van der Waals surface area contributed by atoms with E-state index in [1.807, 2.05) is 13.8 Å². The van der Waals surface area contributed by atoms with E-state index in [-0.39, 0.29) is 12.5 Å². The molecule has 1 aromatic heterocycles. The summed E-state index contributed by atoms with van der Waals surface area (Å²) in [5.74, 6) is 0.148. The Labute approximate surface area is 148 Å². The van der Waals surface area contributed by atoms with E-state index in [2.05, 4.69) is 14.9 Å². The fourth-order valence-electron chi connectivity index (χ4n) is 3.65. The van der Waals surface area contributed by atoms with E-state index in [4.69, 9.17) is 16.3 Å². The number of likely N-dealkylation sites (tertiary alicyclic amines) is 1. The van der Waals surface area contributed by atoms with Gasteiger partial charge in [-0.2, -0.15) is 5.10 Å². The first kappa shape index (κ1) is 17.7.